The fourth-order valence-electron chi connectivity index (χ4n) is 2.96. The van der Waals surface area contributed by atoms with Gasteiger partial charge in [-0.2, -0.15) is 0 Å². The van der Waals surface area contributed by atoms with E-state index >= 15 is 0 Å². The largest absolute Gasteiger partial charge is 0.393 e. The predicted molar refractivity (Wildman–Crippen MR) is 84.2 cm³/mol. The van der Waals surface area contributed by atoms with Crippen molar-refractivity contribution >= 4 is 0 Å². The third-order valence-corrected chi connectivity index (χ3v) is 4.57. The fourth-order valence-corrected chi connectivity index (χ4v) is 2.96. The van der Waals surface area contributed by atoms with Gasteiger partial charge in [0.2, 0.25) is 0 Å². The normalized spacial score (nSPS) is 22.9. The Morgan fingerprint density at radius 1 is 1.20 bits per heavy atom. The molecule has 20 heavy (non-hydrogen) atoms. The predicted octanol–water partition coefficient (Wildman–Crippen LogP) is 1.84. The molecule has 2 unspecified atom stereocenters. The summed E-state index contributed by atoms with van der Waals surface area (Å²) in [6.45, 7) is 7.54. The van der Waals surface area contributed by atoms with Gasteiger partial charge in [0.05, 0.1) is 6.10 Å². The van der Waals surface area contributed by atoms with E-state index < -0.39 is 0 Å². The molecular formula is C17H28N2O. The Hall–Kier alpha value is -0.900. The first kappa shape index (κ1) is 15.5. The molecular weight excluding hydrogens is 248 g/mol. The first-order valence-electron chi connectivity index (χ1n) is 7.58. The number of aliphatic hydroxyl groups excluding tert-OH is 1. The molecule has 1 aromatic carbocycles. The van der Waals surface area contributed by atoms with Crippen molar-refractivity contribution in [2.75, 3.05) is 33.7 Å². The maximum absolute atomic E-state index is 10.4. The van der Waals surface area contributed by atoms with E-state index in [9.17, 15) is 5.11 Å². The summed E-state index contributed by atoms with van der Waals surface area (Å²) in [5.41, 5.74) is 3.87. The van der Waals surface area contributed by atoms with E-state index in [2.05, 4.69) is 55.9 Å². The molecule has 1 aliphatic rings. The molecule has 0 spiro atoms. The van der Waals surface area contributed by atoms with Crippen LogP contribution < -0.4 is 0 Å². The van der Waals surface area contributed by atoms with E-state index in [4.69, 9.17) is 0 Å². The zero-order chi connectivity index (χ0) is 14.7. The summed E-state index contributed by atoms with van der Waals surface area (Å²) < 4.78 is 0. The summed E-state index contributed by atoms with van der Waals surface area (Å²) in [5.74, 6) is 0. The van der Waals surface area contributed by atoms with Crippen molar-refractivity contribution in [1.82, 2.24) is 9.80 Å². The van der Waals surface area contributed by atoms with Crippen molar-refractivity contribution in [3.05, 3.63) is 34.9 Å². The Kier molecular flexibility index (Phi) is 5.19. The Morgan fingerprint density at radius 2 is 1.95 bits per heavy atom. The van der Waals surface area contributed by atoms with Crippen LogP contribution in [0.4, 0.5) is 0 Å². The van der Waals surface area contributed by atoms with Gasteiger partial charge >= 0.3 is 0 Å². The number of hydrogen-bond acceptors (Lipinski definition) is 3. The third kappa shape index (κ3) is 4.05. The van der Waals surface area contributed by atoms with Gasteiger partial charge in [0.15, 0.2) is 0 Å². The van der Waals surface area contributed by atoms with Gasteiger partial charge in [0, 0.05) is 25.7 Å². The van der Waals surface area contributed by atoms with Crippen molar-refractivity contribution < 1.29 is 5.11 Å². The Morgan fingerprint density at radius 3 is 2.65 bits per heavy atom. The Labute approximate surface area is 123 Å². The average Bonchev–Trinajstić information content (AvgIpc) is 2.38. The molecule has 0 amide bonds. The van der Waals surface area contributed by atoms with Gasteiger partial charge in [-0.25, -0.2) is 0 Å². The Bertz CT molecular complexity index is 447. The van der Waals surface area contributed by atoms with Crippen molar-refractivity contribution in [2.24, 2.45) is 0 Å². The Balaban J connectivity index is 1.91. The third-order valence-electron chi connectivity index (χ3n) is 4.57. The minimum Gasteiger partial charge on any atom is -0.393 e. The molecule has 3 nitrogen and oxygen atoms in total. The highest BCUT2D eigenvalue weighted by Gasteiger charge is 2.24. The van der Waals surface area contributed by atoms with Crippen LogP contribution in [0.5, 0.6) is 0 Å². The minimum absolute atomic E-state index is 0.254. The lowest BCUT2D eigenvalue weighted by Gasteiger charge is -2.38. The average molecular weight is 276 g/mol. The zero-order valence-electron chi connectivity index (χ0n) is 13.3. The highest BCUT2D eigenvalue weighted by atomic mass is 16.3. The lowest BCUT2D eigenvalue weighted by Crippen LogP contribution is -2.51. The van der Waals surface area contributed by atoms with E-state index in [0.29, 0.717) is 6.04 Å². The van der Waals surface area contributed by atoms with E-state index in [1.54, 1.807) is 0 Å². The highest BCUT2D eigenvalue weighted by molar-refractivity contribution is 5.30. The van der Waals surface area contributed by atoms with Gasteiger partial charge in [-0.1, -0.05) is 18.2 Å². The summed E-state index contributed by atoms with van der Waals surface area (Å²) in [4.78, 5) is 4.73. The van der Waals surface area contributed by atoms with Crippen LogP contribution in [0, 0.1) is 13.8 Å². The summed E-state index contributed by atoms with van der Waals surface area (Å²) in [7, 11) is 4.33. The molecule has 0 aliphatic carbocycles. The first-order chi connectivity index (χ1) is 9.45. The molecule has 1 aromatic rings. The number of piperazine rings is 1. The second-order valence-corrected chi connectivity index (χ2v) is 6.41. The molecule has 0 bridgehead atoms. The molecule has 3 heteroatoms. The molecule has 0 aromatic heterocycles. The minimum atomic E-state index is -0.254. The number of hydrogen-bond donors (Lipinski definition) is 1. The molecule has 1 saturated heterocycles. The summed E-state index contributed by atoms with van der Waals surface area (Å²) in [5, 5.41) is 10.4. The van der Waals surface area contributed by atoms with Crippen LogP contribution >= 0.6 is 0 Å². The quantitative estimate of drug-likeness (QED) is 0.909. The van der Waals surface area contributed by atoms with E-state index in [-0.39, 0.29) is 6.10 Å². The van der Waals surface area contributed by atoms with Gasteiger partial charge in [-0.05, 0) is 57.5 Å². The second-order valence-electron chi connectivity index (χ2n) is 6.41. The van der Waals surface area contributed by atoms with Gasteiger partial charge in [-0.3, -0.25) is 0 Å². The van der Waals surface area contributed by atoms with Crippen molar-refractivity contribution in [2.45, 2.75) is 38.8 Å². The monoisotopic (exact) mass is 276 g/mol. The molecule has 2 atom stereocenters. The number of likely N-dealkylation sites (N-methyl/N-ethyl adjacent to an activating group) is 2. The van der Waals surface area contributed by atoms with Crippen molar-refractivity contribution in [3.63, 3.8) is 0 Å². The van der Waals surface area contributed by atoms with Gasteiger partial charge in [0.1, 0.15) is 0 Å². The first-order valence-corrected chi connectivity index (χ1v) is 7.58. The maximum atomic E-state index is 10.4. The summed E-state index contributed by atoms with van der Waals surface area (Å²) >= 11 is 0. The van der Waals surface area contributed by atoms with Gasteiger partial charge in [0.25, 0.3) is 0 Å². The second kappa shape index (κ2) is 6.70. The maximum Gasteiger partial charge on any atom is 0.0595 e. The topological polar surface area (TPSA) is 26.7 Å². The summed E-state index contributed by atoms with van der Waals surface area (Å²) in [6, 6.07) is 6.96. The van der Waals surface area contributed by atoms with Crippen LogP contribution in [-0.4, -0.2) is 60.8 Å². The van der Waals surface area contributed by atoms with Crippen LogP contribution in [0.15, 0.2) is 18.2 Å². The van der Waals surface area contributed by atoms with Crippen LogP contribution in [0.3, 0.4) is 0 Å². The molecule has 1 heterocycles. The SMILES string of the molecule is Cc1ccc(CC(O)CC2CN(C)CCN2C)cc1C. The number of aliphatic hydroxyl groups is 1. The van der Waals surface area contributed by atoms with Crippen LogP contribution in [-0.2, 0) is 6.42 Å². The lowest BCUT2D eigenvalue weighted by atomic mass is 9.97. The van der Waals surface area contributed by atoms with Crippen molar-refractivity contribution in [3.8, 4) is 0 Å². The van der Waals surface area contributed by atoms with Crippen molar-refractivity contribution in [1.29, 1.82) is 0 Å². The molecule has 112 valence electrons. The standard InChI is InChI=1S/C17H28N2O/c1-13-5-6-15(9-14(13)2)10-17(20)11-16-12-18(3)7-8-19(16)4/h5-6,9,16-17,20H,7-8,10-12H2,1-4H3. The summed E-state index contributed by atoms with van der Waals surface area (Å²) in [6.07, 6.45) is 1.36. The number of rotatable bonds is 4. The highest BCUT2D eigenvalue weighted by Crippen LogP contribution is 2.16. The fraction of sp³-hybridized carbons (Fsp3) is 0.647. The molecule has 1 fully saturated rings. The van der Waals surface area contributed by atoms with Crippen LogP contribution in [0.1, 0.15) is 23.1 Å². The molecule has 0 radical (unpaired) electrons. The lowest BCUT2D eigenvalue weighted by molar-refractivity contribution is 0.0639. The van der Waals surface area contributed by atoms with E-state index in [1.807, 2.05) is 0 Å². The number of nitrogens with zero attached hydrogens (tertiary/aromatic N) is 2. The molecule has 1 N–H and O–H groups in total. The smallest absolute Gasteiger partial charge is 0.0595 e. The van der Waals surface area contributed by atoms with Gasteiger partial charge < -0.3 is 14.9 Å². The van der Waals surface area contributed by atoms with Crippen LogP contribution in [0.2, 0.25) is 0 Å². The van der Waals surface area contributed by atoms with Gasteiger partial charge in [-0.15, -0.1) is 0 Å². The molecule has 2 rings (SSSR count). The van der Waals surface area contributed by atoms with E-state index in [1.165, 1.54) is 16.7 Å². The van der Waals surface area contributed by atoms with E-state index in [0.717, 1.165) is 32.5 Å². The van der Waals surface area contributed by atoms with Crippen LogP contribution in [0.25, 0.3) is 0 Å². The zero-order valence-corrected chi connectivity index (χ0v) is 13.3. The molecule has 0 saturated carbocycles. The molecule has 1 aliphatic heterocycles. The number of aryl methyl sites for hydroxylation is 2. The number of benzene rings is 1.